The van der Waals surface area contributed by atoms with Crippen molar-refractivity contribution in [1.82, 2.24) is 9.97 Å². The number of nitrogens with zero attached hydrogens (tertiary/aromatic N) is 4. The molecule has 0 spiro atoms. The Morgan fingerprint density at radius 2 is 1.82 bits per heavy atom. The van der Waals surface area contributed by atoms with Gasteiger partial charge in [-0.2, -0.15) is 0 Å². The van der Waals surface area contributed by atoms with Crippen LogP contribution in [0, 0.1) is 21.8 Å². The number of anilines is 3. The molecule has 1 N–H and O–H groups in total. The molecule has 10 nitrogen and oxygen atoms in total. The molecule has 0 radical (unpaired) electrons. The largest absolute Gasteiger partial charge is 0.454 e. The van der Waals surface area contributed by atoms with E-state index in [1.54, 1.807) is 23.1 Å². The Labute approximate surface area is 193 Å². The number of carbonyl (C=O) groups excluding carboxylic acids is 1. The predicted octanol–water partition coefficient (Wildman–Crippen LogP) is 4.10. The molecule has 0 amide bonds. The second kappa shape index (κ2) is 8.93. The van der Waals surface area contributed by atoms with Crippen LogP contribution in [0.5, 0.6) is 11.5 Å². The molecule has 3 aromatic rings. The third kappa shape index (κ3) is 4.19. The SMILES string of the molecule is O=C(c1ccc(F)cc1)C1CCN(c2ncnc(Nc3ccc4c(c3)OCO4)c2[N+](=O)[O-])CC1. The fraction of sp³-hybridized carbons (Fsp3) is 0.261. The van der Waals surface area contributed by atoms with Crippen LogP contribution in [0.4, 0.5) is 27.4 Å². The maximum atomic E-state index is 13.2. The van der Waals surface area contributed by atoms with E-state index in [-0.39, 0.29) is 35.8 Å². The minimum atomic E-state index is -0.513. The van der Waals surface area contributed by atoms with Crippen LogP contribution in [0.15, 0.2) is 48.8 Å². The molecule has 11 heteroatoms. The van der Waals surface area contributed by atoms with E-state index in [9.17, 15) is 19.3 Å². The summed E-state index contributed by atoms with van der Waals surface area (Å²) < 4.78 is 23.8. The molecule has 2 aliphatic rings. The normalized spacial score (nSPS) is 15.3. The molecule has 174 valence electrons. The molecule has 1 aromatic heterocycles. The first-order chi connectivity index (χ1) is 16.5. The fourth-order valence-corrected chi connectivity index (χ4v) is 4.17. The molecule has 0 unspecified atom stereocenters. The van der Waals surface area contributed by atoms with Crippen LogP contribution in [0.25, 0.3) is 0 Å². The van der Waals surface area contributed by atoms with Crippen LogP contribution >= 0.6 is 0 Å². The van der Waals surface area contributed by atoms with Gasteiger partial charge in [0.05, 0.1) is 4.92 Å². The molecule has 0 bridgehead atoms. The van der Waals surface area contributed by atoms with Crippen molar-refractivity contribution in [2.45, 2.75) is 12.8 Å². The topological polar surface area (TPSA) is 120 Å². The Hall–Kier alpha value is -4.28. The summed E-state index contributed by atoms with van der Waals surface area (Å²) in [5.74, 6) is 0.689. The number of rotatable bonds is 6. The Bertz CT molecular complexity index is 1240. The van der Waals surface area contributed by atoms with E-state index in [1.165, 1.54) is 30.6 Å². The highest BCUT2D eigenvalue weighted by atomic mass is 19.1. The van der Waals surface area contributed by atoms with Crippen LogP contribution < -0.4 is 19.7 Å². The molecule has 0 atom stereocenters. The molecule has 5 rings (SSSR count). The van der Waals surface area contributed by atoms with Crippen molar-refractivity contribution in [3.05, 3.63) is 70.3 Å². The number of Topliss-reactive ketones (excluding diaryl/α,β-unsaturated/α-hetero) is 1. The summed E-state index contributed by atoms with van der Waals surface area (Å²) in [5.41, 5.74) is 0.771. The third-order valence-corrected chi connectivity index (χ3v) is 5.91. The summed E-state index contributed by atoms with van der Waals surface area (Å²) in [6.45, 7) is 0.952. The molecule has 1 fully saturated rings. The molecule has 0 aliphatic carbocycles. The monoisotopic (exact) mass is 465 g/mol. The summed E-state index contributed by atoms with van der Waals surface area (Å²) in [6, 6.07) is 10.6. The van der Waals surface area contributed by atoms with E-state index in [2.05, 4.69) is 15.3 Å². The Morgan fingerprint density at radius 3 is 2.56 bits per heavy atom. The highest BCUT2D eigenvalue weighted by molar-refractivity contribution is 5.98. The van der Waals surface area contributed by atoms with Crippen molar-refractivity contribution < 1.29 is 23.6 Å². The zero-order valence-electron chi connectivity index (χ0n) is 17.9. The quantitative estimate of drug-likeness (QED) is 0.326. The predicted molar refractivity (Wildman–Crippen MR) is 120 cm³/mol. The number of halogens is 1. The van der Waals surface area contributed by atoms with Crippen LogP contribution in [-0.2, 0) is 0 Å². The smallest absolute Gasteiger partial charge is 0.353 e. The van der Waals surface area contributed by atoms with Gasteiger partial charge in [-0.15, -0.1) is 0 Å². The maximum absolute atomic E-state index is 13.2. The zero-order chi connectivity index (χ0) is 23.7. The number of hydrogen-bond acceptors (Lipinski definition) is 9. The van der Waals surface area contributed by atoms with Crippen LogP contribution in [-0.4, -0.2) is 40.6 Å². The fourth-order valence-electron chi connectivity index (χ4n) is 4.17. The average molecular weight is 465 g/mol. The third-order valence-electron chi connectivity index (χ3n) is 5.91. The number of benzene rings is 2. The summed E-state index contributed by atoms with van der Waals surface area (Å²) in [5, 5.41) is 15.0. The number of nitrogens with one attached hydrogen (secondary N) is 1. The summed E-state index contributed by atoms with van der Waals surface area (Å²) in [6.07, 6.45) is 2.28. The Kier molecular flexibility index (Phi) is 5.66. The zero-order valence-corrected chi connectivity index (χ0v) is 17.9. The van der Waals surface area contributed by atoms with Gasteiger partial charge < -0.3 is 19.7 Å². The molecule has 0 saturated carbocycles. The van der Waals surface area contributed by atoms with Gasteiger partial charge in [0.1, 0.15) is 12.1 Å². The summed E-state index contributed by atoms with van der Waals surface area (Å²) in [4.78, 5) is 34.3. The lowest BCUT2D eigenvalue weighted by atomic mass is 9.89. The first-order valence-corrected chi connectivity index (χ1v) is 10.7. The van der Waals surface area contributed by atoms with Gasteiger partial charge >= 0.3 is 5.69 Å². The van der Waals surface area contributed by atoms with Crippen molar-refractivity contribution in [2.75, 3.05) is 30.1 Å². The van der Waals surface area contributed by atoms with E-state index in [1.807, 2.05) is 0 Å². The number of hydrogen-bond donors (Lipinski definition) is 1. The summed E-state index contributed by atoms with van der Waals surface area (Å²) >= 11 is 0. The number of ether oxygens (including phenoxy) is 2. The Morgan fingerprint density at radius 1 is 1.09 bits per heavy atom. The molecular formula is C23H20FN5O5. The van der Waals surface area contributed by atoms with Gasteiger partial charge in [0.25, 0.3) is 0 Å². The number of fused-ring (bicyclic) bond motifs is 1. The van der Waals surface area contributed by atoms with E-state index in [4.69, 9.17) is 9.47 Å². The van der Waals surface area contributed by atoms with E-state index in [0.29, 0.717) is 48.7 Å². The highest BCUT2D eigenvalue weighted by Crippen LogP contribution is 2.38. The lowest BCUT2D eigenvalue weighted by Crippen LogP contribution is -2.37. The Balaban J connectivity index is 1.33. The first kappa shape index (κ1) is 21.6. The number of aromatic nitrogens is 2. The first-order valence-electron chi connectivity index (χ1n) is 10.7. The van der Waals surface area contributed by atoms with Gasteiger partial charge in [0.2, 0.25) is 18.4 Å². The van der Waals surface area contributed by atoms with Gasteiger partial charge in [-0.25, -0.2) is 14.4 Å². The van der Waals surface area contributed by atoms with Crippen molar-refractivity contribution in [3.63, 3.8) is 0 Å². The lowest BCUT2D eigenvalue weighted by Gasteiger charge is -2.31. The lowest BCUT2D eigenvalue weighted by molar-refractivity contribution is -0.383. The molecule has 1 saturated heterocycles. The van der Waals surface area contributed by atoms with Crippen molar-refractivity contribution in [3.8, 4) is 11.5 Å². The van der Waals surface area contributed by atoms with Gasteiger partial charge in [0.15, 0.2) is 17.3 Å². The van der Waals surface area contributed by atoms with E-state index >= 15 is 0 Å². The van der Waals surface area contributed by atoms with Gasteiger partial charge in [-0.3, -0.25) is 14.9 Å². The standard InChI is InChI=1S/C23H20FN5O5/c24-16-3-1-14(2-4-16)21(30)15-7-9-28(10-8-15)23-20(29(31)32)22(25-12-26-23)27-17-5-6-18-19(11-17)34-13-33-18/h1-6,11-12,15H,7-10,13H2,(H,25,26,27). The minimum Gasteiger partial charge on any atom is -0.454 e. The van der Waals surface area contributed by atoms with Gasteiger partial charge in [-0.05, 0) is 49.2 Å². The molecule has 2 aliphatic heterocycles. The van der Waals surface area contributed by atoms with E-state index < -0.39 is 10.7 Å². The van der Waals surface area contributed by atoms with Gasteiger partial charge in [0, 0.05) is 36.3 Å². The minimum absolute atomic E-state index is 0.0537. The number of carbonyl (C=O) groups is 1. The van der Waals surface area contributed by atoms with Crippen LogP contribution in [0.3, 0.4) is 0 Å². The number of nitro groups is 1. The molecule has 3 heterocycles. The molecule has 2 aromatic carbocycles. The van der Waals surface area contributed by atoms with Crippen molar-refractivity contribution in [2.24, 2.45) is 5.92 Å². The van der Waals surface area contributed by atoms with Crippen LogP contribution in [0.2, 0.25) is 0 Å². The second-order valence-corrected chi connectivity index (χ2v) is 7.98. The number of piperidine rings is 1. The molecular weight excluding hydrogens is 445 g/mol. The summed E-state index contributed by atoms with van der Waals surface area (Å²) in [7, 11) is 0. The average Bonchev–Trinajstić information content (AvgIpc) is 3.32. The van der Waals surface area contributed by atoms with E-state index in [0.717, 1.165) is 0 Å². The van der Waals surface area contributed by atoms with Crippen molar-refractivity contribution in [1.29, 1.82) is 0 Å². The molecule has 34 heavy (non-hydrogen) atoms. The highest BCUT2D eigenvalue weighted by Gasteiger charge is 2.32. The van der Waals surface area contributed by atoms with Crippen LogP contribution in [0.1, 0.15) is 23.2 Å². The maximum Gasteiger partial charge on any atom is 0.353 e. The second-order valence-electron chi connectivity index (χ2n) is 7.98. The number of ketones is 1. The van der Waals surface area contributed by atoms with Gasteiger partial charge in [-0.1, -0.05) is 0 Å². The van der Waals surface area contributed by atoms with Crippen molar-refractivity contribution >= 4 is 28.8 Å².